The maximum Gasteiger partial charge on any atom is 0.255 e. The fourth-order valence-electron chi connectivity index (χ4n) is 9.19. The van der Waals surface area contributed by atoms with E-state index in [0.29, 0.717) is 29.2 Å². The first-order valence-corrected chi connectivity index (χ1v) is 13.5. The van der Waals surface area contributed by atoms with Gasteiger partial charge in [0.1, 0.15) is 22.8 Å². The van der Waals surface area contributed by atoms with Gasteiger partial charge in [0.15, 0.2) is 17.2 Å². The molecule has 1 amide bonds. The molecule has 7 aliphatic carbocycles. The number of fused-ring (bicyclic) bond motifs is 3. The van der Waals surface area contributed by atoms with Gasteiger partial charge in [-0.1, -0.05) is 12.1 Å². The van der Waals surface area contributed by atoms with Crippen LogP contribution in [0.25, 0.3) is 5.76 Å². The number of carbonyl (C=O) groups excluding carboxylic acids is 4. The molecule has 4 atom stereocenters. The van der Waals surface area contributed by atoms with Crippen LogP contribution in [0, 0.1) is 35.5 Å². The zero-order chi connectivity index (χ0) is 27.7. The first-order chi connectivity index (χ1) is 18.4. The Hall–Kier alpha value is -3.50. The van der Waals surface area contributed by atoms with Crippen LogP contribution in [0.4, 0.5) is 0 Å². The summed E-state index contributed by atoms with van der Waals surface area (Å²) in [6.07, 6.45) is 2.91. The Morgan fingerprint density at radius 1 is 0.949 bits per heavy atom. The van der Waals surface area contributed by atoms with Gasteiger partial charge in [-0.25, -0.2) is 0 Å². The molecule has 1 aromatic rings. The number of Topliss-reactive ketones (excluding diaryl/α,β-unsaturated/α-hetero) is 3. The minimum Gasteiger partial charge on any atom is -0.508 e. The number of hydrogen-bond acceptors (Lipinski definition) is 9. The fourth-order valence-corrected chi connectivity index (χ4v) is 9.19. The molecule has 10 nitrogen and oxygen atoms in total. The highest BCUT2D eigenvalue weighted by Crippen LogP contribution is 2.61. The molecule has 0 heterocycles. The summed E-state index contributed by atoms with van der Waals surface area (Å²) in [4.78, 5) is 51.7. The molecule has 204 valence electrons. The van der Waals surface area contributed by atoms with Gasteiger partial charge in [0.05, 0.1) is 23.2 Å². The molecule has 5 saturated carbocycles. The van der Waals surface area contributed by atoms with Gasteiger partial charge in [-0.05, 0) is 67.3 Å². The van der Waals surface area contributed by atoms with E-state index < -0.39 is 75.9 Å². The number of aliphatic hydroxyl groups excluding tert-OH is 3. The maximum absolute atomic E-state index is 13.7. The molecule has 7 aliphatic rings. The summed E-state index contributed by atoms with van der Waals surface area (Å²) in [7, 11) is 0. The zero-order valence-corrected chi connectivity index (χ0v) is 21.0. The molecular weight excluding hydrogens is 506 g/mol. The van der Waals surface area contributed by atoms with Gasteiger partial charge < -0.3 is 31.3 Å². The van der Waals surface area contributed by atoms with E-state index in [4.69, 9.17) is 5.73 Å². The summed E-state index contributed by atoms with van der Waals surface area (Å²) in [5.74, 6) is -7.98. The SMILES string of the molecule is NC(=O)C1=C(O)[C@@]2(O)C(=O)C3=C(O)c4c(ccc(C5C6CC7CC(C6)CC5C7)c4O)C(=O)[C@H]3[C@H](O)[C@H]2CC1=O. The predicted octanol–water partition coefficient (Wildman–Crippen LogP) is 1.57. The standard InChI is InChI=1S/C29H29NO9/c30-28(38)19-16(31)8-15-24(34)20-21(27(37)29(15,39)26(19)36)25(35)18-14(23(20)33)2-1-13(22(18)32)17-11-4-9-3-10(6-11)7-12(17)5-9/h1-2,9-12,15,17,20,24,32,34-36,39H,3-8H2,(H2,30,38)/t9?,10?,11?,12?,15-,17?,20+,24-,29-/m1/s1. The smallest absolute Gasteiger partial charge is 0.255 e. The third-order valence-corrected chi connectivity index (χ3v) is 10.6. The molecule has 0 aromatic heterocycles. The van der Waals surface area contributed by atoms with E-state index in [-0.39, 0.29) is 22.8 Å². The van der Waals surface area contributed by atoms with E-state index in [1.165, 1.54) is 12.5 Å². The topological polar surface area (TPSA) is 195 Å². The van der Waals surface area contributed by atoms with E-state index in [9.17, 15) is 44.7 Å². The van der Waals surface area contributed by atoms with Crippen LogP contribution in [-0.2, 0) is 14.4 Å². The lowest BCUT2D eigenvalue weighted by molar-refractivity contribution is -0.158. The maximum atomic E-state index is 13.7. The molecule has 10 heteroatoms. The van der Waals surface area contributed by atoms with E-state index in [1.54, 1.807) is 6.07 Å². The second-order valence-electron chi connectivity index (χ2n) is 12.4. The molecule has 0 unspecified atom stereocenters. The van der Waals surface area contributed by atoms with Crippen LogP contribution in [0.3, 0.4) is 0 Å². The Labute approximate surface area is 222 Å². The van der Waals surface area contributed by atoms with Gasteiger partial charge in [-0.2, -0.15) is 0 Å². The third kappa shape index (κ3) is 2.93. The highest BCUT2D eigenvalue weighted by Gasteiger charge is 2.65. The number of benzene rings is 1. The monoisotopic (exact) mass is 535 g/mol. The fraction of sp³-hybridized carbons (Fsp3) is 0.517. The molecule has 8 rings (SSSR count). The zero-order valence-electron chi connectivity index (χ0n) is 21.0. The molecule has 1 aromatic carbocycles. The van der Waals surface area contributed by atoms with Crippen LogP contribution >= 0.6 is 0 Å². The van der Waals surface area contributed by atoms with Crippen LogP contribution < -0.4 is 5.73 Å². The highest BCUT2D eigenvalue weighted by atomic mass is 16.4. The number of rotatable bonds is 2. The summed E-state index contributed by atoms with van der Waals surface area (Å²) in [6.45, 7) is 0. The van der Waals surface area contributed by atoms with Crippen molar-refractivity contribution in [1.82, 2.24) is 0 Å². The summed E-state index contributed by atoms with van der Waals surface area (Å²) in [6, 6.07) is 3.19. The lowest BCUT2D eigenvalue weighted by Crippen LogP contribution is -2.64. The van der Waals surface area contributed by atoms with Crippen molar-refractivity contribution in [3.05, 3.63) is 45.7 Å². The normalized spacial score (nSPS) is 40.5. The van der Waals surface area contributed by atoms with Crippen LogP contribution in [0.2, 0.25) is 0 Å². The van der Waals surface area contributed by atoms with E-state index >= 15 is 0 Å². The Balaban J connectivity index is 1.39. The van der Waals surface area contributed by atoms with Crippen LogP contribution in [0.15, 0.2) is 29.0 Å². The van der Waals surface area contributed by atoms with E-state index in [0.717, 1.165) is 25.7 Å². The van der Waals surface area contributed by atoms with Gasteiger partial charge in [0, 0.05) is 17.9 Å². The van der Waals surface area contributed by atoms with Crippen molar-refractivity contribution < 1.29 is 44.7 Å². The average molecular weight is 536 g/mol. The highest BCUT2D eigenvalue weighted by molar-refractivity contribution is 6.25. The van der Waals surface area contributed by atoms with Crippen molar-refractivity contribution in [3.8, 4) is 5.75 Å². The number of nitrogens with two attached hydrogens (primary N) is 1. The second kappa shape index (κ2) is 7.79. The van der Waals surface area contributed by atoms with Crippen LogP contribution in [-0.4, -0.2) is 60.5 Å². The van der Waals surface area contributed by atoms with Crippen molar-refractivity contribution >= 4 is 29.0 Å². The second-order valence-corrected chi connectivity index (χ2v) is 12.4. The van der Waals surface area contributed by atoms with Crippen LogP contribution in [0.5, 0.6) is 5.75 Å². The molecule has 5 fully saturated rings. The van der Waals surface area contributed by atoms with Crippen LogP contribution in [0.1, 0.15) is 65.9 Å². The first-order valence-electron chi connectivity index (χ1n) is 13.5. The lowest BCUT2D eigenvalue weighted by Gasteiger charge is -2.54. The van der Waals surface area contributed by atoms with E-state index in [1.807, 2.05) is 0 Å². The van der Waals surface area contributed by atoms with Gasteiger partial charge in [-0.3, -0.25) is 19.2 Å². The number of phenols is 1. The van der Waals surface area contributed by atoms with Crippen molar-refractivity contribution in [2.24, 2.45) is 41.2 Å². The Morgan fingerprint density at radius 3 is 2.15 bits per heavy atom. The van der Waals surface area contributed by atoms with Gasteiger partial charge >= 0.3 is 0 Å². The number of ketones is 3. The van der Waals surface area contributed by atoms with E-state index in [2.05, 4.69) is 0 Å². The number of phenolic OH excluding ortho intramolecular Hbond substituents is 1. The molecule has 0 radical (unpaired) electrons. The number of carbonyl (C=O) groups is 4. The summed E-state index contributed by atoms with van der Waals surface area (Å²) in [5, 5.41) is 56.2. The molecular formula is C29H29NO9. The Morgan fingerprint density at radius 2 is 1.56 bits per heavy atom. The minimum absolute atomic E-state index is 0.0457. The lowest BCUT2D eigenvalue weighted by atomic mass is 9.50. The Kier molecular flexibility index (Phi) is 4.90. The summed E-state index contributed by atoms with van der Waals surface area (Å²) < 4.78 is 0. The van der Waals surface area contributed by atoms with Gasteiger partial charge in [0.2, 0.25) is 5.78 Å². The third-order valence-electron chi connectivity index (χ3n) is 10.6. The average Bonchev–Trinajstić information content (AvgIpc) is 2.86. The molecule has 0 saturated heterocycles. The first kappa shape index (κ1) is 24.5. The van der Waals surface area contributed by atoms with Gasteiger partial charge in [-0.15, -0.1) is 0 Å². The molecule has 4 bridgehead atoms. The number of aliphatic hydroxyl groups is 4. The predicted molar refractivity (Wildman–Crippen MR) is 133 cm³/mol. The van der Waals surface area contributed by atoms with Crippen molar-refractivity contribution in [2.45, 2.75) is 56.1 Å². The molecule has 39 heavy (non-hydrogen) atoms. The number of primary amides is 1. The largest absolute Gasteiger partial charge is 0.508 e. The minimum atomic E-state index is -2.97. The molecule has 0 spiro atoms. The molecule has 7 N–H and O–H groups in total. The quantitative estimate of drug-likeness (QED) is 0.305. The Bertz CT molecular complexity index is 1440. The number of hydrogen-bond donors (Lipinski definition) is 6. The van der Waals surface area contributed by atoms with Crippen molar-refractivity contribution in [3.63, 3.8) is 0 Å². The number of amides is 1. The van der Waals surface area contributed by atoms with Gasteiger partial charge in [0.25, 0.3) is 5.91 Å². The summed E-state index contributed by atoms with van der Waals surface area (Å²) in [5.41, 5.74) is 0.857. The van der Waals surface area contributed by atoms with Crippen molar-refractivity contribution in [2.75, 3.05) is 0 Å². The summed E-state index contributed by atoms with van der Waals surface area (Å²) >= 11 is 0. The molecule has 0 aliphatic heterocycles. The number of aromatic hydroxyl groups is 1. The van der Waals surface area contributed by atoms with Crippen molar-refractivity contribution in [1.29, 1.82) is 0 Å².